The maximum Gasteiger partial charge on any atom is 0.221 e. The van der Waals surface area contributed by atoms with E-state index >= 15 is 0 Å². The number of aromatic amines is 1. The maximum absolute atomic E-state index is 12.8. The summed E-state index contributed by atoms with van der Waals surface area (Å²) in [6.07, 6.45) is 0. The molecule has 4 rings (SSSR count). The molecular formula is C16H11N3O2. The number of fused-ring (bicyclic) bond motifs is 2. The molecule has 21 heavy (non-hydrogen) atoms. The van der Waals surface area contributed by atoms with Gasteiger partial charge in [0.2, 0.25) is 5.91 Å². The molecule has 0 bridgehead atoms. The largest absolute Gasteiger partial charge is 0.326 e. The standard InChI is InChI=1S/C16H11N3O2/c1-8(20)17-11-6-7-12-13-14(11)16(21)10-5-3-2-4-9(10)15(13)19-18-12/h2-7H,1H3,(H,17,20)(H,18,19). The number of anilines is 1. The third-order valence-electron chi connectivity index (χ3n) is 3.69. The van der Waals surface area contributed by atoms with Crippen LogP contribution in [0, 0.1) is 0 Å². The Balaban J connectivity index is 2.12. The molecule has 0 spiro atoms. The van der Waals surface area contributed by atoms with Gasteiger partial charge in [-0.3, -0.25) is 14.7 Å². The highest BCUT2D eigenvalue weighted by atomic mass is 16.1. The van der Waals surface area contributed by atoms with Crippen molar-refractivity contribution in [3.63, 3.8) is 0 Å². The molecule has 0 unspecified atom stereocenters. The monoisotopic (exact) mass is 277 g/mol. The number of rotatable bonds is 1. The van der Waals surface area contributed by atoms with Gasteiger partial charge in [0.15, 0.2) is 5.78 Å². The number of aromatic nitrogens is 2. The Morgan fingerprint density at radius 3 is 2.67 bits per heavy atom. The van der Waals surface area contributed by atoms with E-state index in [-0.39, 0.29) is 11.7 Å². The summed E-state index contributed by atoms with van der Waals surface area (Å²) in [4.78, 5) is 24.2. The smallest absolute Gasteiger partial charge is 0.221 e. The van der Waals surface area contributed by atoms with Crippen molar-refractivity contribution in [2.45, 2.75) is 6.92 Å². The van der Waals surface area contributed by atoms with Crippen LogP contribution < -0.4 is 5.32 Å². The van der Waals surface area contributed by atoms with Crippen molar-refractivity contribution in [1.82, 2.24) is 10.2 Å². The Morgan fingerprint density at radius 2 is 1.90 bits per heavy atom. The van der Waals surface area contributed by atoms with Crippen LogP contribution in [0.2, 0.25) is 0 Å². The average Bonchev–Trinajstić information content (AvgIpc) is 2.89. The normalized spacial score (nSPS) is 12.3. The van der Waals surface area contributed by atoms with Gasteiger partial charge in [-0.05, 0) is 12.1 Å². The van der Waals surface area contributed by atoms with Crippen molar-refractivity contribution in [3.05, 3.63) is 47.5 Å². The summed E-state index contributed by atoms with van der Waals surface area (Å²) in [5, 5.41) is 10.8. The highest BCUT2D eigenvalue weighted by Gasteiger charge is 2.29. The summed E-state index contributed by atoms with van der Waals surface area (Å²) in [6.45, 7) is 1.43. The molecule has 1 aliphatic rings. The van der Waals surface area contributed by atoms with Crippen LogP contribution in [0.3, 0.4) is 0 Å². The lowest BCUT2D eigenvalue weighted by molar-refractivity contribution is -0.114. The van der Waals surface area contributed by atoms with E-state index < -0.39 is 0 Å². The molecule has 0 saturated heterocycles. The summed E-state index contributed by atoms with van der Waals surface area (Å²) >= 11 is 0. The van der Waals surface area contributed by atoms with E-state index in [0.29, 0.717) is 16.8 Å². The molecule has 102 valence electrons. The van der Waals surface area contributed by atoms with Gasteiger partial charge in [-0.1, -0.05) is 24.3 Å². The molecule has 0 radical (unpaired) electrons. The first-order chi connectivity index (χ1) is 10.2. The van der Waals surface area contributed by atoms with Crippen LogP contribution in [0.5, 0.6) is 0 Å². The number of carbonyl (C=O) groups excluding carboxylic acids is 2. The summed E-state index contributed by atoms with van der Waals surface area (Å²) < 4.78 is 0. The zero-order valence-corrected chi connectivity index (χ0v) is 11.2. The van der Waals surface area contributed by atoms with Crippen molar-refractivity contribution >= 4 is 28.3 Å². The fourth-order valence-corrected chi connectivity index (χ4v) is 2.86. The van der Waals surface area contributed by atoms with E-state index in [2.05, 4.69) is 15.5 Å². The Kier molecular flexibility index (Phi) is 2.27. The third-order valence-corrected chi connectivity index (χ3v) is 3.69. The van der Waals surface area contributed by atoms with Crippen LogP contribution in [0.4, 0.5) is 5.69 Å². The second-order valence-electron chi connectivity index (χ2n) is 5.04. The zero-order valence-electron chi connectivity index (χ0n) is 11.2. The first kappa shape index (κ1) is 11.8. The van der Waals surface area contributed by atoms with E-state index in [1.54, 1.807) is 12.1 Å². The number of hydrogen-bond acceptors (Lipinski definition) is 3. The van der Waals surface area contributed by atoms with Crippen LogP contribution in [0.15, 0.2) is 36.4 Å². The van der Waals surface area contributed by atoms with Gasteiger partial charge in [-0.25, -0.2) is 0 Å². The quantitative estimate of drug-likeness (QED) is 0.561. The Bertz CT molecular complexity index is 924. The Morgan fingerprint density at radius 1 is 1.14 bits per heavy atom. The molecule has 2 aromatic carbocycles. The van der Waals surface area contributed by atoms with Gasteiger partial charge in [-0.15, -0.1) is 0 Å². The van der Waals surface area contributed by atoms with Crippen LogP contribution in [-0.4, -0.2) is 21.9 Å². The minimum Gasteiger partial charge on any atom is -0.326 e. The van der Waals surface area contributed by atoms with Gasteiger partial charge in [0, 0.05) is 23.4 Å². The number of nitrogens with zero attached hydrogens (tertiary/aromatic N) is 1. The lowest BCUT2D eigenvalue weighted by Crippen LogP contribution is -2.15. The molecule has 0 fully saturated rings. The average molecular weight is 277 g/mol. The molecule has 5 nitrogen and oxygen atoms in total. The minimum absolute atomic E-state index is 0.0890. The van der Waals surface area contributed by atoms with E-state index in [0.717, 1.165) is 22.2 Å². The van der Waals surface area contributed by atoms with E-state index in [1.165, 1.54) is 6.92 Å². The number of hydrogen-bond donors (Lipinski definition) is 2. The number of carbonyl (C=O) groups is 2. The van der Waals surface area contributed by atoms with Gasteiger partial charge in [0.05, 0.1) is 16.8 Å². The first-order valence-electron chi connectivity index (χ1n) is 6.59. The molecule has 3 aromatic rings. The Hall–Kier alpha value is -2.95. The molecule has 0 atom stereocenters. The topological polar surface area (TPSA) is 74.8 Å². The lowest BCUT2D eigenvalue weighted by Gasteiger charge is -2.17. The number of amides is 1. The maximum atomic E-state index is 12.8. The van der Waals surface area contributed by atoms with Crippen molar-refractivity contribution < 1.29 is 9.59 Å². The molecule has 1 heterocycles. The molecule has 2 N–H and O–H groups in total. The van der Waals surface area contributed by atoms with E-state index in [1.807, 2.05) is 24.3 Å². The highest BCUT2D eigenvalue weighted by Crippen LogP contribution is 2.40. The zero-order chi connectivity index (χ0) is 14.6. The van der Waals surface area contributed by atoms with E-state index in [4.69, 9.17) is 0 Å². The SMILES string of the molecule is CC(=O)Nc1ccc2[nH]nc3c2c1C(=O)c1ccccc1-3. The van der Waals surface area contributed by atoms with Crippen LogP contribution in [0.25, 0.3) is 22.2 Å². The summed E-state index contributed by atoms with van der Waals surface area (Å²) in [5.74, 6) is -0.295. The van der Waals surface area contributed by atoms with Gasteiger partial charge < -0.3 is 5.32 Å². The molecule has 1 aromatic heterocycles. The summed E-state index contributed by atoms with van der Waals surface area (Å²) in [5.41, 5.74) is 4.00. The van der Waals surface area contributed by atoms with Gasteiger partial charge in [0.25, 0.3) is 0 Å². The number of ketones is 1. The predicted molar refractivity (Wildman–Crippen MR) is 79.3 cm³/mol. The van der Waals surface area contributed by atoms with Gasteiger partial charge in [0.1, 0.15) is 5.69 Å². The highest BCUT2D eigenvalue weighted by molar-refractivity contribution is 6.28. The molecular weight excluding hydrogens is 266 g/mol. The van der Waals surface area contributed by atoms with Crippen molar-refractivity contribution in [2.24, 2.45) is 0 Å². The second-order valence-corrected chi connectivity index (χ2v) is 5.04. The van der Waals surface area contributed by atoms with Crippen molar-refractivity contribution in [2.75, 3.05) is 5.32 Å². The van der Waals surface area contributed by atoms with E-state index in [9.17, 15) is 9.59 Å². The lowest BCUT2D eigenvalue weighted by atomic mass is 9.86. The van der Waals surface area contributed by atoms with Crippen molar-refractivity contribution in [1.29, 1.82) is 0 Å². The first-order valence-corrected chi connectivity index (χ1v) is 6.59. The third kappa shape index (κ3) is 1.54. The molecule has 0 aliphatic heterocycles. The number of nitrogens with one attached hydrogen (secondary N) is 2. The number of benzene rings is 2. The van der Waals surface area contributed by atoms with Gasteiger partial charge in [-0.2, -0.15) is 5.10 Å². The molecule has 5 heteroatoms. The minimum atomic E-state index is -0.206. The summed E-state index contributed by atoms with van der Waals surface area (Å²) in [7, 11) is 0. The van der Waals surface area contributed by atoms with Crippen LogP contribution >= 0.6 is 0 Å². The van der Waals surface area contributed by atoms with Gasteiger partial charge >= 0.3 is 0 Å². The predicted octanol–water partition coefficient (Wildman–Crippen LogP) is 2.73. The second kappa shape index (κ2) is 4.02. The fraction of sp³-hybridized carbons (Fsp3) is 0.0625. The fourth-order valence-electron chi connectivity index (χ4n) is 2.86. The number of H-pyrrole nitrogens is 1. The van der Waals surface area contributed by atoms with Crippen LogP contribution in [0.1, 0.15) is 22.8 Å². The van der Waals surface area contributed by atoms with Crippen molar-refractivity contribution in [3.8, 4) is 11.3 Å². The molecule has 1 amide bonds. The summed E-state index contributed by atoms with van der Waals surface area (Å²) in [6, 6.07) is 10.9. The molecule has 0 saturated carbocycles. The molecule has 1 aliphatic carbocycles. The Labute approximate surface area is 120 Å². The van der Waals surface area contributed by atoms with Crippen LogP contribution in [-0.2, 0) is 4.79 Å².